The summed E-state index contributed by atoms with van der Waals surface area (Å²) >= 11 is 0. The summed E-state index contributed by atoms with van der Waals surface area (Å²) in [6, 6.07) is -0.129. The number of carbonyl (C=O) groups is 2. The van der Waals surface area contributed by atoms with Gasteiger partial charge < -0.3 is 16.4 Å². The Morgan fingerprint density at radius 1 is 1.18 bits per heavy atom. The maximum atomic E-state index is 12.2. The second kappa shape index (κ2) is 7.44. The van der Waals surface area contributed by atoms with Gasteiger partial charge in [-0.25, -0.2) is 0 Å². The molecule has 0 aliphatic heterocycles. The third-order valence-electron chi connectivity index (χ3n) is 5.18. The number of nitrogens with one attached hydrogen (secondary N) is 2. The standard InChI is InChI=1S/C17H31N3O2/c1-12(19-16(22)13-6-4-3-5-7-13)10-15(21)20-17(2,11-18)14-8-9-14/h12-14H,3-11,18H2,1-2H3,(H,19,22)(H,20,21). The Morgan fingerprint density at radius 2 is 1.82 bits per heavy atom. The molecule has 0 radical (unpaired) electrons. The van der Waals surface area contributed by atoms with Crippen molar-refractivity contribution in [2.45, 2.75) is 76.8 Å². The molecule has 2 amide bonds. The summed E-state index contributed by atoms with van der Waals surface area (Å²) in [5, 5.41) is 6.07. The molecule has 22 heavy (non-hydrogen) atoms. The molecule has 0 bridgehead atoms. The Labute approximate surface area is 133 Å². The maximum absolute atomic E-state index is 12.2. The molecule has 0 heterocycles. The Bertz CT molecular complexity index is 403. The lowest BCUT2D eigenvalue weighted by Gasteiger charge is -2.30. The van der Waals surface area contributed by atoms with Gasteiger partial charge in [0.25, 0.3) is 0 Å². The molecule has 2 fully saturated rings. The summed E-state index contributed by atoms with van der Waals surface area (Å²) in [4.78, 5) is 24.4. The van der Waals surface area contributed by atoms with Crippen molar-refractivity contribution in [3.8, 4) is 0 Å². The van der Waals surface area contributed by atoms with Crippen molar-refractivity contribution in [3.05, 3.63) is 0 Å². The molecular weight excluding hydrogens is 278 g/mol. The van der Waals surface area contributed by atoms with Gasteiger partial charge in [0, 0.05) is 24.9 Å². The van der Waals surface area contributed by atoms with Crippen molar-refractivity contribution in [1.29, 1.82) is 0 Å². The predicted octanol–water partition coefficient (Wildman–Crippen LogP) is 1.71. The molecule has 2 rings (SSSR count). The van der Waals surface area contributed by atoms with Gasteiger partial charge in [0.1, 0.15) is 0 Å². The van der Waals surface area contributed by atoms with E-state index in [1.54, 1.807) is 0 Å². The van der Waals surface area contributed by atoms with E-state index in [0.717, 1.165) is 38.5 Å². The lowest BCUT2D eigenvalue weighted by molar-refractivity contribution is -0.127. The van der Waals surface area contributed by atoms with Crippen LogP contribution in [0.5, 0.6) is 0 Å². The molecule has 0 saturated heterocycles. The molecule has 0 aromatic carbocycles. The minimum absolute atomic E-state index is 0.0173. The highest BCUT2D eigenvalue weighted by molar-refractivity contribution is 5.81. The molecule has 2 unspecified atom stereocenters. The van der Waals surface area contributed by atoms with Crippen LogP contribution in [-0.2, 0) is 9.59 Å². The molecule has 5 heteroatoms. The molecule has 4 N–H and O–H groups in total. The summed E-state index contributed by atoms with van der Waals surface area (Å²) in [7, 11) is 0. The van der Waals surface area contributed by atoms with Crippen molar-refractivity contribution < 1.29 is 9.59 Å². The lowest BCUT2D eigenvalue weighted by Crippen LogP contribution is -2.54. The van der Waals surface area contributed by atoms with Crippen molar-refractivity contribution in [1.82, 2.24) is 10.6 Å². The summed E-state index contributed by atoms with van der Waals surface area (Å²) in [6.45, 7) is 4.39. The molecule has 2 aliphatic rings. The number of carbonyl (C=O) groups excluding carboxylic acids is 2. The average Bonchev–Trinajstić information content (AvgIpc) is 3.32. The van der Waals surface area contributed by atoms with E-state index in [1.807, 2.05) is 13.8 Å². The van der Waals surface area contributed by atoms with Crippen molar-refractivity contribution in [2.24, 2.45) is 17.6 Å². The largest absolute Gasteiger partial charge is 0.353 e. The van der Waals surface area contributed by atoms with Gasteiger partial charge in [0.15, 0.2) is 0 Å². The molecular formula is C17H31N3O2. The minimum atomic E-state index is -0.288. The molecule has 0 aromatic rings. The third kappa shape index (κ3) is 4.70. The molecule has 2 atom stereocenters. The number of nitrogens with two attached hydrogens (primary N) is 1. The first-order chi connectivity index (χ1) is 10.4. The molecule has 126 valence electrons. The van der Waals surface area contributed by atoms with Gasteiger partial charge >= 0.3 is 0 Å². The molecule has 0 spiro atoms. The first-order valence-corrected chi connectivity index (χ1v) is 8.76. The first kappa shape index (κ1) is 17.3. The molecule has 0 aromatic heterocycles. The van der Waals surface area contributed by atoms with Crippen LogP contribution in [0, 0.1) is 11.8 Å². The van der Waals surface area contributed by atoms with Crippen LogP contribution in [0.3, 0.4) is 0 Å². The predicted molar refractivity (Wildman–Crippen MR) is 87.1 cm³/mol. The van der Waals surface area contributed by atoms with E-state index in [4.69, 9.17) is 5.73 Å². The van der Waals surface area contributed by atoms with Crippen LogP contribution in [0.1, 0.15) is 65.2 Å². The SMILES string of the molecule is CC(CC(=O)NC(C)(CN)C1CC1)NC(=O)C1CCCCC1. The third-order valence-corrected chi connectivity index (χ3v) is 5.18. The Morgan fingerprint density at radius 3 is 2.36 bits per heavy atom. The number of rotatable bonds is 7. The zero-order valence-corrected chi connectivity index (χ0v) is 14.0. The molecule has 2 saturated carbocycles. The van der Waals surface area contributed by atoms with Crippen LogP contribution >= 0.6 is 0 Å². The van der Waals surface area contributed by atoms with Crippen LogP contribution < -0.4 is 16.4 Å². The van der Waals surface area contributed by atoms with E-state index >= 15 is 0 Å². The highest BCUT2D eigenvalue weighted by atomic mass is 16.2. The molecule has 5 nitrogen and oxygen atoms in total. The summed E-state index contributed by atoms with van der Waals surface area (Å²) in [5.74, 6) is 0.744. The fourth-order valence-electron chi connectivity index (χ4n) is 3.46. The second-order valence-corrected chi connectivity index (χ2v) is 7.39. The van der Waals surface area contributed by atoms with Gasteiger partial charge in [-0.3, -0.25) is 9.59 Å². The lowest BCUT2D eigenvalue weighted by atomic mass is 9.88. The maximum Gasteiger partial charge on any atom is 0.223 e. The van der Waals surface area contributed by atoms with Gasteiger partial charge in [0.05, 0.1) is 5.54 Å². The zero-order chi connectivity index (χ0) is 16.2. The Kier molecular flexibility index (Phi) is 5.84. The van der Waals surface area contributed by atoms with Crippen molar-refractivity contribution >= 4 is 11.8 Å². The number of hydrogen-bond donors (Lipinski definition) is 3. The fourth-order valence-corrected chi connectivity index (χ4v) is 3.46. The molecule has 2 aliphatic carbocycles. The summed E-state index contributed by atoms with van der Waals surface area (Å²) < 4.78 is 0. The minimum Gasteiger partial charge on any atom is -0.353 e. The van der Waals surface area contributed by atoms with E-state index in [1.165, 1.54) is 6.42 Å². The first-order valence-electron chi connectivity index (χ1n) is 8.76. The zero-order valence-electron chi connectivity index (χ0n) is 14.0. The van der Waals surface area contributed by atoms with Crippen LogP contribution in [0.4, 0.5) is 0 Å². The van der Waals surface area contributed by atoms with E-state index < -0.39 is 0 Å². The van der Waals surface area contributed by atoms with E-state index in [2.05, 4.69) is 10.6 Å². The van der Waals surface area contributed by atoms with Gasteiger partial charge in [0.2, 0.25) is 11.8 Å². The van der Waals surface area contributed by atoms with Crippen LogP contribution in [0.15, 0.2) is 0 Å². The number of amides is 2. The Balaban J connectivity index is 1.74. The summed E-state index contributed by atoms with van der Waals surface area (Å²) in [5.41, 5.74) is 5.53. The second-order valence-electron chi connectivity index (χ2n) is 7.39. The Hall–Kier alpha value is -1.10. The van der Waals surface area contributed by atoms with Crippen LogP contribution in [-0.4, -0.2) is 29.9 Å². The van der Waals surface area contributed by atoms with Gasteiger partial charge in [-0.15, -0.1) is 0 Å². The van der Waals surface area contributed by atoms with Crippen LogP contribution in [0.2, 0.25) is 0 Å². The van der Waals surface area contributed by atoms with Gasteiger partial charge in [-0.2, -0.15) is 0 Å². The number of hydrogen-bond acceptors (Lipinski definition) is 3. The smallest absolute Gasteiger partial charge is 0.223 e. The van der Waals surface area contributed by atoms with E-state index in [-0.39, 0.29) is 29.3 Å². The highest BCUT2D eigenvalue weighted by Crippen LogP contribution is 2.39. The topological polar surface area (TPSA) is 84.2 Å². The normalized spacial score (nSPS) is 23.4. The van der Waals surface area contributed by atoms with Crippen molar-refractivity contribution in [3.63, 3.8) is 0 Å². The van der Waals surface area contributed by atoms with Crippen molar-refractivity contribution in [2.75, 3.05) is 6.54 Å². The monoisotopic (exact) mass is 309 g/mol. The van der Waals surface area contributed by atoms with E-state index in [9.17, 15) is 9.59 Å². The summed E-state index contributed by atoms with van der Waals surface area (Å²) in [6.07, 6.45) is 8.09. The highest BCUT2D eigenvalue weighted by Gasteiger charge is 2.41. The fraction of sp³-hybridized carbons (Fsp3) is 0.882. The quantitative estimate of drug-likeness (QED) is 0.669. The van der Waals surface area contributed by atoms with Gasteiger partial charge in [-0.05, 0) is 45.4 Å². The van der Waals surface area contributed by atoms with Gasteiger partial charge in [-0.1, -0.05) is 19.3 Å². The van der Waals surface area contributed by atoms with Crippen LogP contribution in [0.25, 0.3) is 0 Å². The average molecular weight is 309 g/mol. The van der Waals surface area contributed by atoms with E-state index in [0.29, 0.717) is 18.9 Å².